The maximum atomic E-state index is 16.0. The molecule has 1 aliphatic heterocycles. The first-order valence-electron chi connectivity index (χ1n) is 10.3. The highest BCUT2D eigenvalue weighted by molar-refractivity contribution is 7.90. The number of H-pyrrole nitrogens is 1. The van der Waals surface area contributed by atoms with Crippen molar-refractivity contribution < 1.29 is 26.0 Å². The molecular formula is C22H23FN4O5S2. The van der Waals surface area contributed by atoms with Gasteiger partial charge in [-0.1, -0.05) is 30.3 Å². The predicted octanol–water partition coefficient (Wildman–Crippen LogP) is 2.59. The number of amides is 1. The highest BCUT2D eigenvalue weighted by Crippen LogP contribution is 2.36. The molecule has 1 N–H and O–H groups in total. The van der Waals surface area contributed by atoms with E-state index in [2.05, 4.69) is 9.97 Å². The molecule has 1 aromatic heterocycles. The van der Waals surface area contributed by atoms with Crippen LogP contribution in [0, 0.1) is 0 Å². The molecule has 9 nitrogen and oxygen atoms in total. The number of nitrogens with one attached hydrogen (secondary N) is 1. The predicted molar refractivity (Wildman–Crippen MR) is 124 cm³/mol. The summed E-state index contributed by atoms with van der Waals surface area (Å²) in [4.78, 5) is 20.7. The number of hydrogen-bond acceptors (Lipinski definition) is 6. The van der Waals surface area contributed by atoms with Crippen LogP contribution in [0.4, 0.5) is 10.1 Å². The van der Waals surface area contributed by atoms with Gasteiger partial charge in [0.2, 0.25) is 0 Å². The molecule has 0 radical (unpaired) electrons. The van der Waals surface area contributed by atoms with Gasteiger partial charge in [0, 0.05) is 43.7 Å². The zero-order valence-corrected chi connectivity index (χ0v) is 20.1. The number of carbonyl (C=O) groups excluding carboxylic acids is 1. The van der Waals surface area contributed by atoms with Crippen LogP contribution in [0.5, 0.6) is 0 Å². The largest absolute Gasteiger partial charge is 0.350 e. The third-order valence-corrected chi connectivity index (χ3v) is 8.75. The molecule has 0 saturated carbocycles. The Morgan fingerprint density at radius 1 is 1.09 bits per heavy atom. The summed E-state index contributed by atoms with van der Waals surface area (Å²) in [6, 6.07) is 13.0. The van der Waals surface area contributed by atoms with Gasteiger partial charge in [0.25, 0.3) is 21.7 Å². The maximum Gasteiger partial charge on any atom is 0.281 e. The number of hydrogen-bond donors (Lipinski definition) is 1. The molecule has 180 valence electrons. The van der Waals surface area contributed by atoms with E-state index < -0.39 is 31.6 Å². The lowest BCUT2D eigenvalue weighted by molar-refractivity contribution is -0.140. The number of aromatic amines is 1. The van der Waals surface area contributed by atoms with Crippen molar-refractivity contribution in [3.05, 3.63) is 61.1 Å². The molecule has 0 spiro atoms. The number of anilines is 1. The Hall–Kier alpha value is -3.09. The van der Waals surface area contributed by atoms with E-state index in [1.807, 2.05) is 0 Å². The number of sulfonamides is 1. The monoisotopic (exact) mass is 506 g/mol. The maximum absolute atomic E-state index is 16.0. The Morgan fingerprint density at radius 2 is 1.76 bits per heavy atom. The fraction of sp³-hybridized carbons (Fsp3) is 0.273. The van der Waals surface area contributed by atoms with Crippen molar-refractivity contribution in [2.45, 2.75) is 28.6 Å². The zero-order chi connectivity index (χ0) is 24.7. The number of rotatable bonds is 6. The van der Waals surface area contributed by atoms with Gasteiger partial charge < -0.3 is 9.88 Å². The van der Waals surface area contributed by atoms with Crippen LogP contribution in [-0.2, 0) is 24.7 Å². The summed E-state index contributed by atoms with van der Waals surface area (Å²) >= 11 is 0. The molecule has 2 heterocycles. The van der Waals surface area contributed by atoms with E-state index in [1.165, 1.54) is 11.0 Å². The van der Waals surface area contributed by atoms with Gasteiger partial charge in [-0.25, -0.2) is 26.2 Å². The minimum absolute atomic E-state index is 0.171. The summed E-state index contributed by atoms with van der Waals surface area (Å²) < 4.78 is 66.2. The van der Waals surface area contributed by atoms with Crippen LogP contribution in [0.15, 0.2) is 71.0 Å². The number of likely N-dealkylation sites (N-methyl/N-ethyl adjacent to an activating group) is 1. The highest BCUT2D eigenvalue weighted by Gasteiger charge is 2.53. The lowest BCUT2D eigenvalue weighted by Crippen LogP contribution is -2.60. The summed E-state index contributed by atoms with van der Waals surface area (Å²) in [5.41, 5.74) is 1.49. The summed E-state index contributed by atoms with van der Waals surface area (Å²) in [6.45, 7) is 0.208. The van der Waals surface area contributed by atoms with E-state index in [0.29, 0.717) is 21.1 Å². The summed E-state index contributed by atoms with van der Waals surface area (Å²) in [5, 5.41) is -0.383. The quantitative estimate of drug-likeness (QED) is 0.513. The average Bonchev–Trinajstić information content (AvgIpc) is 3.36. The smallest absolute Gasteiger partial charge is 0.281 e. The van der Waals surface area contributed by atoms with Crippen molar-refractivity contribution in [1.29, 1.82) is 0 Å². The number of piperidine rings is 1. The molecule has 0 bridgehead atoms. The molecule has 34 heavy (non-hydrogen) atoms. The van der Waals surface area contributed by atoms with Crippen LogP contribution in [0.1, 0.15) is 12.8 Å². The molecule has 2 aromatic carbocycles. The molecule has 1 atom stereocenters. The van der Waals surface area contributed by atoms with Crippen LogP contribution < -0.4 is 4.90 Å². The van der Waals surface area contributed by atoms with Crippen LogP contribution in [-0.4, -0.2) is 62.7 Å². The van der Waals surface area contributed by atoms with Gasteiger partial charge in [-0.2, -0.15) is 4.31 Å². The van der Waals surface area contributed by atoms with Crippen molar-refractivity contribution >= 4 is 31.5 Å². The van der Waals surface area contributed by atoms with Gasteiger partial charge in [0.05, 0.1) is 11.2 Å². The van der Waals surface area contributed by atoms with Gasteiger partial charge >= 0.3 is 0 Å². The zero-order valence-electron chi connectivity index (χ0n) is 18.5. The van der Waals surface area contributed by atoms with E-state index >= 15 is 4.39 Å². The second-order valence-corrected chi connectivity index (χ2v) is 11.9. The second kappa shape index (κ2) is 8.60. The van der Waals surface area contributed by atoms with E-state index in [1.54, 1.807) is 42.5 Å². The molecule has 1 amide bonds. The number of imidazole rings is 1. The fourth-order valence-electron chi connectivity index (χ4n) is 3.99. The Kier molecular flexibility index (Phi) is 6.08. The van der Waals surface area contributed by atoms with Crippen molar-refractivity contribution in [2.24, 2.45) is 0 Å². The highest BCUT2D eigenvalue weighted by atomic mass is 32.2. The summed E-state index contributed by atoms with van der Waals surface area (Å²) in [6.07, 6.45) is 3.35. The van der Waals surface area contributed by atoms with Crippen LogP contribution in [0.3, 0.4) is 0 Å². The Balaban J connectivity index is 1.65. The van der Waals surface area contributed by atoms with E-state index in [-0.39, 0.29) is 29.3 Å². The molecular weight excluding hydrogens is 483 g/mol. The van der Waals surface area contributed by atoms with Crippen LogP contribution >= 0.6 is 0 Å². The van der Waals surface area contributed by atoms with Crippen LogP contribution in [0.2, 0.25) is 0 Å². The minimum atomic E-state index is -4.34. The Labute approximate surface area is 197 Å². The second-order valence-electron chi connectivity index (χ2n) is 8.01. The molecule has 12 heteroatoms. The first-order chi connectivity index (χ1) is 16.0. The summed E-state index contributed by atoms with van der Waals surface area (Å²) in [7, 11) is -6.78. The molecule has 3 aromatic rings. The Morgan fingerprint density at radius 3 is 2.38 bits per heavy atom. The minimum Gasteiger partial charge on any atom is -0.350 e. The van der Waals surface area contributed by atoms with Crippen LogP contribution in [0.25, 0.3) is 11.1 Å². The Bertz CT molecular complexity index is 1420. The first-order valence-corrected chi connectivity index (χ1v) is 13.7. The molecule has 1 saturated heterocycles. The topological polar surface area (TPSA) is 121 Å². The van der Waals surface area contributed by atoms with E-state index in [0.717, 1.165) is 25.8 Å². The first kappa shape index (κ1) is 24.0. The van der Waals surface area contributed by atoms with Gasteiger partial charge in [0.1, 0.15) is 0 Å². The van der Waals surface area contributed by atoms with Crippen molar-refractivity contribution in [3.8, 4) is 11.1 Å². The number of aromatic nitrogens is 2. The van der Waals surface area contributed by atoms with E-state index in [9.17, 15) is 21.6 Å². The standard InChI is InChI=1S/C22H23FN4O5S2/c1-26(34(31,32)20-14-24-15-25-20)22(23)12-5-13-27(21(22)28)17-10-8-16(9-11-17)18-6-3-4-7-19(18)33(2,29)30/h3-4,6-11,14-15H,5,12-13H2,1-2H3,(H,24,25). The molecule has 1 fully saturated rings. The molecule has 1 unspecified atom stereocenters. The van der Waals surface area contributed by atoms with E-state index in [4.69, 9.17) is 0 Å². The third kappa shape index (κ3) is 4.12. The summed E-state index contributed by atoms with van der Waals surface area (Å²) in [5.74, 6) is -3.78. The normalized spacial score (nSPS) is 19.5. The molecule has 1 aliphatic rings. The van der Waals surface area contributed by atoms with Gasteiger partial charge in [-0.05, 0) is 30.2 Å². The van der Waals surface area contributed by atoms with Crippen molar-refractivity contribution in [1.82, 2.24) is 14.3 Å². The number of halogens is 1. The fourth-order valence-corrected chi connectivity index (χ4v) is 6.14. The number of nitrogens with zero attached hydrogens (tertiary/aromatic N) is 3. The van der Waals surface area contributed by atoms with Crippen molar-refractivity contribution in [3.63, 3.8) is 0 Å². The SMILES string of the molecule is CN(C1(F)CCCN(c2ccc(-c3ccccc3S(C)(=O)=O)cc2)C1=O)S(=O)(=O)c1c[nH]cn1. The number of alkyl halides is 1. The average molecular weight is 507 g/mol. The van der Waals surface area contributed by atoms with Gasteiger partial charge in [-0.3, -0.25) is 4.79 Å². The number of sulfone groups is 1. The lowest BCUT2D eigenvalue weighted by atomic mass is 10.0. The molecule has 4 rings (SSSR count). The molecule has 0 aliphatic carbocycles. The third-order valence-electron chi connectivity index (χ3n) is 5.84. The van der Waals surface area contributed by atoms with Gasteiger partial charge in [-0.15, -0.1) is 0 Å². The van der Waals surface area contributed by atoms with Gasteiger partial charge in [0.15, 0.2) is 14.9 Å². The van der Waals surface area contributed by atoms with Crippen molar-refractivity contribution in [2.75, 3.05) is 24.7 Å². The number of benzene rings is 2. The lowest BCUT2D eigenvalue weighted by Gasteiger charge is -2.40. The number of carbonyl (C=O) groups is 1.